The van der Waals surface area contributed by atoms with Crippen molar-refractivity contribution in [2.75, 3.05) is 7.11 Å². The molecule has 2 aromatic rings. The van der Waals surface area contributed by atoms with Crippen LogP contribution < -0.4 is 20.9 Å². The lowest BCUT2D eigenvalue weighted by atomic mass is 10.1. The summed E-state index contributed by atoms with van der Waals surface area (Å²) in [7, 11) is 1.47. The molecule has 0 fully saturated rings. The lowest BCUT2D eigenvalue weighted by molar-refractivity contribution is -0.119. The number of hydrazine groups is 1. The van der Waals surface area contributed by atoms with Crippen LogP contribution in [0.3, 0.4) is 0 Å². The number of amides is 2. The van der Waals surface area contributed by atoms with Gasteiger partial charge in [0.1, 0.15) is 5.75 Å². The van der Waals surface area contributed by atoms with Crippen molar-refractivity contribution in [2.24, 2.45) is 0 Å². The smallest absolute Gasteiger partial charge is 0.273 e. The molecule has 0 atom stereocenters. The summed E-state index contributed by atoms with van der Waals surface area (Å²) in [5, 5.41) is 3.07. The Hall–Kier alpha value is -2.64. The third-order valence-electron chi connectivity index (χ3n) is 3.17. The highest BCUT2D eigenvalue weighted by Gasteiger charge is 2.12. The molecule has 0 aromatic heterocycles. The van der Waals surface area contributed by atoms with E-state index in [4.69, 9.17) is 28.6 Å². The van der Waals surface area contributed by atoms with Gasteiger partial charge in [0.2, 0.25) is 5.91 Å². The van der Waals surface area contributed by atoms with Gasteiger partial charge in [0.25, 0.3) is 5.91 Å². The molecule has 130 valence electrons. The standard InChI is InChI=1S/C17H16ClN3O3S/c1-24-14-5-3-2-4-13(14)16(23)20-21-17(25)19-15(22)10-11-6-8-12(18)9-7-11/h2-9H,10H2,1H3,(H,20,23)(H2,19,21,22,25). The van der Waals surface area contributed by atoms with Gasteiger partial charge < -0.3 is 10.1 Å². The van der Waals surface area contributed by atoms with Crippen LogP contribution in [0.1, 0.15) is 15.9 Å². The highest BCUT2D eigenvalue weighted by atomic mass is 35.5. The van der Waals surface area contributed by atoms with Gasteiger partial charge in [-0.05, 0) is 42.0 Å². The summed E-state index contributed by atoms with van der Waals surface area (Å²) >= 11 is 10.8. The summed E-state index contributed by atoms with van der Waals surface area (Å²) in [6, 6.07) is 13.7. The van der Waals surface area contributed by atoms with Gasteiger partial charge in [-0.25, -0.2) is 0 Å². The maximum Gasteiger partial charge on any atom is 0.273 e. The van der Waals surface area contributed by atoms with E-state index in [1.54, 1.807) is 48.5 Å². The van der Waals surface area contributed by atoms with Gasteiger partial charge in [-0.1, -0.05) is 35.9 Å². The average Bonchev–Trinajstić information content (AvgIpc) is 2.61. The molecule has 0 aliphatic carbocycles. The van der Waals surface area contributed by atoms with Crippen molar-refractivity contribution in [1.29, 1.82) is 0 Å². The number of halogens is 1. The Kier molecular flexibility index (Phi) is 6.73. The van der Waals surface area contributed by atoms with E-state index in [9.17, 15) is 9.59 Å². The van der Waals surface area contributed by atoms with E-state index in [1.807, 2.05) is 0 Å². The Bertz CT molecular complexity index is 781. The number of para-hydroxylation sites is 1. The van der Waals surface area contributed by atoms with Crippen LogP contribution in [0.5, 0.6) is 5.75 Å². The molecular weight excluding hydrogens is 362 g/mol. The van der Waals surface area contributed by atoms with Gasteiger partial charge in [0.05, 0.1) is 19.1 Å². The molecule has 0 bridgehead atoms. The minimum absolute atomic E-state index is 0.0118. The van der Waals surface area contributed by atoms with Gasteiger partial charge in [-0.2, -0.15) is 0 Å². The van der Waals surface area contributed by atoms with Crippen molar-refractivity contribution in [3.8, 4) is 5.75 Å². The van der Waals surface area contributed by atoms with Crippen molar-refractivity contribution < 1.29 is 14.3 Å². The molecule has 2 amide bonds. The average molecular weight is 378 g/mol. The molecule has 0 unspecified atom stereocenters. The van der Waals surface area contributed by atoms with E-state index < -0.39 is 5.91 Å². The molecule has 0 saturated carbocycles. The zero-order valence-electron chi connectivity index (χ0n) is 13.3. The van der Waals surface area contributed by atoms with Crippen LogP contribution in [-0.4, -0.2) is 24.0 Å². The number of methoxy groups -OCH3 is 1. The summed E-state index contributed by atoms with van der Waals surface area (Å²) in [5.41, 5.74) is 6.02. The molecular formula is C17H16ClN3O3S. The highest BCUT2D eigenvalue weighted by molar-refractivity contribution is 7.80. The van der Waals surface area contributed by atoms with Crippen LogP contribution >= 0.6 is 23.8 Å². The predicted molar refractivity (Wildman–Crippen MR) is 99.5 cm³/mol. The normalized spacial score (nSPS) is 9.84. The van der Waals surface area contributed by atoms with E-state index in [-0.39, 0.29) is 17.4 Å². The first kappa shape index (κ1) is 18.7. The van der Waals surface area contributed by atoms with Gasteiger partial charge >= 0.3 is 0 Å². The third kappa shape index (κ3) is 5.74. The molecule has 25 heavy (non-hydrogen) atoms. The zero-order chi connectivity index (χ0) is 18.2. The number of benzene rings is 2. The number of rotatable bonds is 4. The van der Waals surface area contributed by atoms with Crippen molar-refractivity contribution >= 4 is 40.7 Å². The minimum atomic E-state index is -0.438. The molecule has 0 saturated heterocycles. The van der Waals surface area contributed by atoms with Crippen LogP contribution in [-0.2, 0) is 11.2 Å². The number of thiocarbonyl (C=S) groups is 1. The summed E-state index contributed by atoms with van der Waals surface area (Å²) in [5.74, 6) is -0.322. The highest BCUT2D eigenvalue weighted by Crippen LogP contribution is 2.16. The van der Waals surface area contributed by atoms with Crippen LogP contribution in [0, 0.1) is 0 Å². The molecule has 2 rings (SSSR count). The number of carbonyl (C=O) groups is 2. The number of hydrogen-bond donors (Lipinski definition) is 3. The molecule has 6 nitrogen and oxygen atoms in total. The topological polar surface area (TPSA) is 79.5 Å². The first-order valence-corrected chi connectivity index (χ1v) is 8.06. The van der Waals surface area contributed by atoms with Crippen molar-refractivity contribution in [3.63, 3.8) is 0 Å². The first-order valence-electron chi connectivity index (χ1n) is 7.27. The molecule has 0 spiro atoms. The number of hydrogen-bond acceptors (Lipinski definition) is 4. The Morgan fingerprint density at radius 2 is 1.76 bits per heavy atom. The monoisotopic (exact) mass is 377 g/mol. The summed E-state index contributed by atoms with van der Waals surface area (Å²) in [4.78, 5) is 24.0. The fourth-order valence-electron chi connectivity index (χ4n) is 2.00. The number of carbonyl (C=O) groups excluding carboxylic acids is 2. The molecule has 0 aliphatic heterocycles. The predicted octanol–water partition coefficient (Wildman–Crippen LogP) is 2.23. The lowest BCUT2D eigenvalue weighted by Crippen LogP contribution is -2.48. The van der Waals surface area contributed by atoms with E-state index in [2.05, 4.69) is 16.2 Å². The first-order chi connectivity index (χ1) is 12.0. The largest absolute Gasteiger partial charge is 0.496 e. The fourth-order valence-corrected chi connectivity index (χ4v) is 2.29. The zero-order valence-corrected chi connectivity index (χ0v) is 14.9. The molecule has 0 heterocycles. The molecule has 0 radical (unpaired) electrons. The second-order valence-electron chi connectivity index (χ2n) is 4.96. The SMILES string of the molecule is COc1ccccc1C(=O)NNC(=S)NC(=O)Cc1ccc(Cl)cc1. The van der Waals surface area contributed by atoms with Crippen molar-refractivity contribution in [3.05, 3.63) is 64.7 Å². The molecule has 2 aromatic carbocycles. The number of nitrogens with one attached hydrogen (secondary N) is 3. The minimum Gasteiger partial charge on any atom is -0.496 e. The van der Waals surface area contributed by atoms with E-state index in [0.29, 0.717) is 16.3 Å². The lowest BCUT2D eigenvalue weighted by Gasteiger charge is -2.12. The number of ether oxygens (including phenoxy) is 1. The third-order valence-corrected chi connectivity index (χ3v) is 3.63. The Morgan fingerprint density at radius 3 is 2.44 bits per heavy atom. The molecule has 3 N–H and O–H groups in total. The van der Waals surface area contributed by atoms with E-state index in [0.717, 1.165) is 5.56 Å². The molecule has 0 aliphatic rings. The van der Waals surface area contributed by atoms with E-state index >= 15 is 0 Å². The van der Waals surface area contributed by atoms with Crippen molar-refractivity contribution in [1.82, 2.24) is 16.2 Å². The van der Waals surface area contributed by atoms with Gasteiger partial charge in [-0.15, -0.1) is 0 Å². The second-order valence-corrected chi connectivity index (χ2v) is 5.80. The summed E-state index contributed by atoms with van der Waals surface area (Å²) < 4.78 is 5.11. The Morgan fingerprint density at radius 1 is 1.08 bits per heavy atom. The summed E-state index contributed by atoms with van der Waals surface area (Å²) in [6.07, 6.45) is 0.138. The second kappa shape index (κ2) is 9.00. The van der Waals surface area contributed by atoms with Gasteiger partial charge in [0.15, 0.2) is 5.11 Å². The summed E-state index contributed by atoms with van der Waals surface area (Å²) in [6.45, 7) is 0. The van der Waals surface area contributed by atoms with Crippen LogP contribution in [0.2, 0.25) is 5.02 Å². The van der Waals surface area contributed by atoms with Gasteiger partial charge in [-0.3, -0.25) is 20.4 Å². The maximum atomic E-state index is 12.1. The fraction of sp³-hybridized carbons (Fsp3) is 0.118. The molecule has 8 heteroatoms. The van der Waals surface area contributed by atoms with Gasteiger partial charge in [0, 0.05) is 5.02 Å². The Labute approximate surface area is 155 Å². The maximum absolute atomic E-state index is 12.1. The van der Waals surface area contributed by atoms with E-state index in [1.165, 1.54) is 7.11 Å². The quantitative estimate of drug-likeness (QED) is 0.562. The Balaban J connectivity index is 1.82. The van der Waals surface area contributed by atoms with Crippen molar-refractivity contribution in [2.45, 2.75) is 6.42 Å². The van der Waals surface area contributed by atoms with Crippen LogP contribution in [0.15, 0.2) is 48.5 Å². The van der Waals surface area contributed by atoms with Crippen LogP contribution in [0.4, 0.5) is 0 Å². The van der Waals surface area contributed by atoms with Crippen LogP contribution in [0.25, 0.3) is 0 Å².